The molecule has 0 amide bonds. The van der Waals surface area contributed by atoms with E-state index in [2.05, 4.69) is 69.2 Å². The van der Waals surface area contributed by atoms with Gasteiger partial charge in [-0.2, -0.15) is 0 Å². The van der Waals surface area contributed by atoms with Crippen LogP contribution >= 0.6 is 0 Å². The smallest absolute Gasteiger partial charge is 0.0436 e. The monoisotopic (exact) mass is 278 g/mol. The molecular weight excluding hydrogens is 248 g/mol. The van der Waals surface area contributed by atoms with Crippen LogP contribution in [-0.4, -0.2) is 31.9 Å². The van der Waals surface area contributed by atoms with E-state index in [9.17, 15) is 0 Å². The highest BCUT2D eigenvalue weighted by atomic mass is 16.3. The normalized spacial score (nSPS) is 13.3. The predicted molar refractivity (Wildman–Crippen MR) is 87.3 cm³/mol. The summed E-state index contributed by atoms with van der Waals surface area (Å²) in [4.78, 5) is 2.23. The van der Waals surface area contributed by atoms with Gasteiger partial charge >= 0.3 is 0 Å². The Balaban J connectivity index is 2.57. The zero-order valence-corrected chi connectivity index (χ0v) is 13.6. The molecule has 3 heteroatoms. The fourth-order valence-electron chi connectivity index (χ4n) is 2.14. The highest BCUT2D eigenvalue weighted by Crippen LogP contribution is 2.22. The molecule has 0 saturated carbocycles. The molecule has 1 rings (SSSR count). The summed E-state index contributed by atoms with van der Waals surface area (Å²) >= 11 is 0. The Labute approximate surface area is 124 Å². The van der Waals surface area contributed by atoms with E-state index in [0.29, 0.717) is 6.04 Å². The van der Waals surface area contributed by atoms with E-state index in [1.165, 1.54) is 11.3 Å². The Morgan fingerprint density at radius 3 is 2.35 bits per heavy atom. The van der Waals surface area contributed by atoms with Gasteiger partial charge in [0.15, 0.2) is 0 Å². The number of hydrogen-bond acceptors (Lipinski definition) is 3. The number of aliphatic hydroxyl groups is 1. The Kier molecular flexibility index (Phi) is 6.50. The maximum absolute atomic E-state index is 9.06. The molecule has 20 heavy (non-hydrogen) atoms. The molecule has 1 unspecified atom stereocenters. The molecule has 2 N–H and O–H groups in total. The van der Waals surface area contributed by atoms with Crippen molar-refractivity contribution in [3.8, 4) is 0 Å². The lowest BCUT2D eigenvalue weighted by atomic mass is 9.89. The Morgan fingerprint density at radius 1 is 1.25 bits per heavy atom. The van der Waals surface area contributed by atoms with Crippen molar-refractivity contribution < 1.29 is 5.11 Å². The first kappa shape index (κ1) is 17.0. The lowest BCUT2D eigenvalue weighted by Gasteiger charge is -2.27. The SMILES string of the molecule is CCN(C)c1ccc(C(C)NCC(C)(C)CCO)cc1. The maximum Gasteiger partial charge on any atom is 0.0436 e. The van der Waals surface area contributed by atoms with Crippen LogP contribution in [0.2, 0.25) is 0 Å². The minimum absolute atomic E-state index is 0.130. The van der Waals surface area contributed by atoms with Gasteiger partial charge in [-0.3, -0.25) is 0 Å². The summed E-state index contributed by atoms with van der Waals surface area (Å²) in [5.41, 5.74) is 2.69. The van der Waals surface area contributed by atoms with E-state index in [1.54, 1.807) is 0 Å². The van der Waals surface area contributed by atoms with Crippen LogP contribution in [0.5, 0.6) is 0 Å². The fraction of sp³-hybridized carbons (Fsp3) is 0.647. The molecule has 1 aromatic rings. The largest absolute Gasteiger partial charge is 0.396 e. The first-order chi connectivity index (χ1) is 9.39. The van der Waals surface area contributed by atoms with Crippen LogP contribution in [0.4, 0.5) is 5.69 Å². The molecule has 0 aliphatic heterocycles. The Hall–Kier alpha value is -1.06. The van der Waals surface area contributed by atoms with Gasteiger partial charge in [0.1, 0.15) is 0 Å². The highest BCUT2D eigenvalue weighted by Gasteiger charge is 2.18. The third-order valence-corrected chi connectivity index (χ3v) is 3.98. The second kappa shape index (κ2) is 7.65. The number of anilines is 1. The zero-order valence-electron chi connectivity index (χ0n) is 13.6. The lowest BCUT2D eigenvalue weighted by Crippen LogP contribution is -2.32. The van der Waals surface area contributed by atoms with Crippen molar-refractivity contribution >= 4 is 5.69 Å². The van der Waals surface area contributed by atoms with Crippen molar-refractivity contribution in [2.24, 2.45) is 5.41 Å². The molecule has 0 heterocycles. The molecule has 114 valence electrons. The first-order valence-corrected chi connectivity index (χ1v) is 7.55. The Morgan fingerprint density at radius 2 is 1.85 bits per heavy atom. The minimum atomic E-state index is 0.130. The van der Waals surface area contributed by atoms with Gasteiger partial charge < -0.3 is 15.3 Å². The van der Waals surface area contributed by atoms with Crippen LogP contribution in [0.3, 0.4) is 0 Å². The average molecular weight is 278 g/mol. The summed E-state index contributed by atoms with van der Waals surface area (Å²) in [7, 11) is 2.11. The fourth-order valence-corrected chi connectivity index (χ4v) is 2.14. The van der Waals surface area contributed by atoms with Crippen LogP contribution in [-0.2, 0) is 0 Å². The third kappa shape index (κ3) is 5.14. The van der Waals surface area contributed by atoms with Gasteiger partial charge in [-0.15, -0.1) is 0 Å². The van der Waals surface area contributed by atoms with E-state index >= 15 is 0 Å². The van der Waals surface area contributed by atoms with Crippen molar-refractivity contribution in [2.45, 2.75) is 40.2 Å². The van der Waals surface area contributed by atoms with Gasteiger partial charge in [0.05, 0.1) is 0 Å². The summed E-state index contributed by atoms with van der Waals surface area (Å²) in [6, 6.07) is 9.07. The molecule has 1 aromatic carbocycles. The molecule has 0 bridgehead atoms. The standard InChI is InChI=1S/C17H30N2O/c1-6-19(5)16-9-7-15(8-10-16)14(2)18-13-17(3,4)11-12-20/h7-10,14,18,20H,6,11-13H2,1-5H3. The molecule has 0 aliphatic carbocycles. The van der Waals surface area contributed by atoms with E-state index < -0.39 is 0 Å². The van der Waals surface area contributed by atoms with Gasteiger partial charge in [0.2, 0.25) is 0 Å². The van der Waals surface area contributed by atoms with Gasteiger partial charge in [0.25, 0.3) is 0 Å². The van der Waals surface area contributed by atoms with Gasteiger partial charge in [-0.05, 0) is 43.4 Å². The second-order valence-electron chi connectivity index (χ2n) is 6.35. The van der Waals surface area contributed by atoms with Gasteiger partial charge in [-0.1, -0.05) is 26.0 Å². The molecule has 0 spiro atoms. The molecule has 0 aliphatic rings. The van der Waals surface area contributed by atoms with Crippen LogP contribution in [0.25, 0.3) is 0 Å². The number of aliphatic hydroxyl groups excluding tert-OH is 1. The summed E-state index contributed by atoms with van der Waals surface area (Å²) in [6.07, 6.45) is 0.826. The van der Waals surface area contributed by atoms with Gasteiger partial charge in [0, 0.05) is 38.5 Å². The molecule has 0 saturated heterocycles. The quantitative estimate of drug-likeness (QED) is 0.766. The lowest BCUT2D eigenvalue weighted by molar-refractivity contribution is 0.204. The molecular formula is C17H30N2O. The highest BCUT2D eigenvalue weighted by molar-refractivity contribution is 5.47. The number of nitrogens with one attached hydrogen (secondary N) is 1. The van der Waals surface area contributed by atoms with E-state index in [0.717, 1.165) is 19.5 Å². The van der Waals surface area contributed by atoms with Crippen LogP contribution in [0, 0.1) is 5.41 Å². The summed E-state index contributed by atoms with van der Waals surface area (Å²) in [6.45, 7) is 10.9. The minimum Gasteiger partial charge on any atom is -0.396 e. The maximum atomic E-state index is 9.06. The number of nitrogens with zero attached hydrogens (tertiary/aromatic N) is 1. The first-order valence-electron chi connectivity index (χ1n) is 7.55. The summed E-state index contributed by atoms with van der Waals surface area (Å²) in [5, 5.41) is 12.6. The number of rotatable bonds is 8. The number of hydrogen-bond donors (Lipinski definition) is 2. The zero-order chi connectivity index (χ0) is 15.2. The van der Waals surface area contributed by atoms with E-state index in [-0.39, 0.29) is 12.0 Å². The molecule has 0 aromatic heterocycles. The van der Waals surface area contributed by atoms with Crippen molar-refractivity contribution in [3.63, 3.8) is 0 Å². The van der Waals surface area contributed by atoms with Crippen molar-refractivity contribution in [3.05, 3.63) is 29.8 Å². The van der Waals surface area contributed by atoms with E-state index in [4.69, 9.17) is 5.11 Å². The average Bonchev–Trinajstić information content (AvgIpc) is 2.44. The summed E-state index contributed by atoms with van der Waals surface area (Å²) in [5.74, 6) is 0. The van der Waals surface area contributed by atoms with Crippen LogP contribution in [0.15, 0.2) is 24.3 Å². The van der Waals surface area contributed by atoms with Crippen molar-refractivity contribution in [1.82, 2.24) is 5.32 Å². The number of benzene rings is 1. The third-order valence-electron chi connectivity index (χ3n) is 3.98. The second-order valence-corrected chi connectivity index (χ2v) is 6.35. The molecule has 0 radical (unpaired) electrons. The van der Waals surface area contributed by atoms with Crippen LogP contribution in [0.1, 0.15) is 45.7 Å². The van der Waals surface area contributed by atoms with Gasteiger partial charge in [-0.25, -0.2) is 0 Å². The summed E-state index contributed by atoms with van der Waals surface area (Å²) < 4.78 is 0. The van der Waals surface area contributed by atoms with E-state index in [1.807, 2.05) is 0 Å². The Bertz CT molecular complexity index is 386. The molecule has 3 nitrogen and oxygen atoms in total. The van der Waals surface area contributed by atoms with Crippen LogP contribution < -0.4 is 10.2 Å². The predicted octanol–water partition coefficient (Wildman–Crippen LogP) is 3.20. The van der Waals surface area contributed by atoms with Crippen molar-refractivity contribution in [1.29, 1.82) is 0 Å². The van der Waals surface area contributed by atoms with Crippen molar-refractivity contribution in [2.75, 3.05) is 31.6 Å². The molecule has 0 fully saturated rings. The topological polar surface area (TPSA) is 35.5 Å². The molecule has 1 atom stereocenters.